The Bertz CT molecular complexity index is 776. The second-order valence-corrected chi connectivity index (χ2v) is 6.93. The van der Waals surface area contributed by atoms with Gasteiger partial charge in [0.1, 0.15) is 11.8 Å². The van der Waals surface area contributed by atoms with Crippen LogP contribution in [0.3, 0.4) is 0 Å². The number of carbonyl (C=O) groups is 2. The third-order valence-electron chi connectivity index (χ3n) is 4.83. The molecule has 2 unspecified atom stereocenters. The zero-order valence-corrected chi connectivity index (χ0v) is 15.7. The first kappa shape index (κ1) is 22.1. The van der Waals surface area contributed by atoms with E-state index >= 15 is 0 Å². The van der Waals surface area contributed by atoms with E-state index in [0.717, 1.165) is 12.1 Å². The maximum atomic E-state index is 12.6. The van der Waals surface area contributed by atoms with Crippen LogP contribution in [-0.4, -0.2) is 61.6 Å². The normalized spacial score (nSPS) is 22.5. The summed E-state index contributed by atoms with van der Waals surface area (Å²) in [5.41, 5.74) is 0.210. The number of nitrogens with zero attached hydrogens (tertiary/aromatic N) is 2. The number of anilines is 1. The van der Waals surface area contributed by atoms with Crippen molar-refractivity contribution in [3.8, 4) is 5.75 Å². The predicted octanol–water partition coefficient (Wildman–Crippen LogP) is 3.10. The summed E-state index contributed by atoms with van der Waals surface area (Å²) in [5.74, 6) is -0.941. The van der Waals surface area contributed by atoms with Gasteiger partial charge in [-0.3, -0.25) is 4.79 Å². The molecule has 166 valence electrons. The topological polar surface area (TPSA) is 71.1 Å². The Morgan fingerprint density at radius 2 is 1.97 bits per heavy atom. The van der Waals surface area contributed by atoms with Gasteiger partial charge in [0.25, 0.3) is 0 Å². The Hall–Kier alpha value is -2.63. The average molecular weight is 437 g/mol. The number of hydrogen-bond donors (Lipinski definition) is 1. The van der Waals surface area contributed by atoms with E-state index in [0.29, 0.717) is 19.4 Å². The monoisotopic (exact) mass is 437 g/mol. The van der Waals surface area contributed by atoms with Gasteiger partial charge >= 0.3 is 19.0 Å². The van der Waals surface area contributed by atoms with Crippen LogP contribution in [0.25, 0.3) is 0 Å². The van der Waals surface area contributed by atoms with Crippen molar-refractivity contribution in [3.63, 3.8) is 0 Å². The van der Waals surface area contributed by atoms with E-state index < -0.39 is 42.8 Å². The van der Waals surface area contributed by atoms with E-state index in [1.807, 2.05) is 0 Å². The molecule has 30 heavy (non-hydrogen) atoms. The van der Waals surface area contributed by atoms with Crippen molar-refractivity contribution in [1.82, 2.24) is 10.2 Å². The van der Waals surface area contributed by atoms with Gasteiger partial charge in [-0.1, -0.05) is 6.07 Å². The van der Waals surface area contributed by atoms with E-state index in [1.54, 1.807) is 0 Å². The minimum Gasteiger partial charge on any atom is -0.406 e. The molecule has 2 atom stereocenters. The number of urea groups is 1. The number of piperidine rings is 1. The highest BCUT2D eigenvalue weighted by molar-refractivity contribution is 6.01. The molecule has 3 amide bonds. The Kier molecular flexibility index (Phi) is 6.64. The molecule has 1 N–H and O–H groups in total. The van der Waals surface area contributed by atoms with Gasteiger partial charge in [0.2, 0.25) is 5.91 Å². The van der Waals surface area contributed by atoms with Gasteiger partial charge < -0.3 is 24.6 Å². The minimum atomic E-state index is -4.86. The number of halogens is 5. The van der Waals surface area contributed by atoms with Crippen molar-refractivity contribution in [1.29, 1.82) is 0 Å². The SMILES string of the molecule is O=C(NC1CCN(c2cccc(OC(F)(F)F)c2)C1=O)N1CCCC(OC(F)F)C1. The number of amides is 3. The first-order valence-corrected chi connectivity index (χ1v) is 9.28. The molecule has 0 aromatic heterocycles. The number of hydrogen-bond acceptors (Lipinski definition) is 4. The molecular weight excluding hydrogens is 417 g/mol. The highest BCUT2D eigenvalue weighted by Gasteiger charge is 2.36. The van der Waals surface area contributed by atoms with Crippen LogP contribution in [0, 0.1) is 0 Å². The highest BCUT2D eigenvalue weighted by Crippen LogP contribution is 2.29. The van der Waals surface area contributed by atoms with Crippen molar-refractivity contribution >= 4 is 17.6 Å². The quantitative estimate of drug-likeness (QED) is 0.719. The lowest BCUT2D eigenvalue weighted by Crippen LogP contribution is -2.52. The van der Waals surface area contributed by atoms with Crippen molar-refractivity contribution in [2.75, 3.05) is 24.5 Å². The lowest BCUT2D eigenvalue weighted by molar-refractivity contribution is -0.274. The van der Waals surface area contributed by atoms with Gasteiger partial charge in [0.15, 0.2) is 0 Å². The molecule has 1 aromatic rings. The van der Waals surface area contributed by atoms with E-state index in [-0.39, 0.29) is 25.2 Å². The number of likely N-dealkylation sites (tertiary alicyclic amines) is 1. The molecule has 12 heteroatoms. The summed E-state index contributed by atoms with van der Waals surface area (Å²) in [7, 11) is 0. The summed E-state index contributed by atoms with van der Waals surface area (Å²) in [6.07, 6.45) is -4.50. The fourth-order valence-electron chi connectivity index (χ4n) is 3.54. The van der Waals surface area contributed by atoms with Crippen LogP contribution >= 0.6 is 0 Å². The molecule has 2 saturated heterocycles. The Labute approximate surface area is 168 Å². The number of benzene rings is 1. The molecule has 0 aliphatic carbocycles. The molecule has 1 aromatic carbocycles. The lowest BCUT2D eigenvalue weighted by atomic mass is 10.1. The smallest absolute Gasteiger partial charge is 0.406 e. The van der Waals surface area contributed by atoms with Crippen LogP contribution in [0.15, 0.2) is 24.3 Å². The Morgan fingerprint density at radius 3 is 2.67 bits per heavy atom. The Balaban J connectivity index is 1.59. The molecule has 0 radical (unpaired) electrons. The van der Waals surface area contributed by atoms with Crippen LogP contribution in [0.2, 0.25) is 0 Å². The van der Waals surface area contributed by atoms with Crippen LogP contribution in [-0.2, 0) is 9.53 Å². The maximum absolute atomic E-state index is 12.6. The molecule has 0 spiro atoms. The number of carbonyl (C=O) groups excluding carboxylic acids is 2. The molecule has 2 heterocycles. The number of ether oxygens (including phenoxy) is 2. The third kappa shape index (κ3) is 5.71. The first-order valence-electron chi connectivity index (χ1n) is 9.28. The molecule has 2 aliphatic heterocycles. The van der Waals surface area contributed by atoms with Crippen LogP contribution in [0.4, 0.5) is 32.4 Å². The predicted molar refractivity (Wildman–Crippen MR) is 94.1 cm³/mol. The third-order valence-corrected chi connectivity index (χ3v) is 4.83. The van der Waals surface area contributed by atoms with Crippen molar-refractivity contribution in [2.24, 2.45) is 0 Å². The molecular formula is C18H20F5N3O4. The number of nitrogens with one attached hydrogen (secondary N) is 1. The van der Waals surface area contributed by atoms with E-state index in [1.165, 1.54) is 21.9 Å². The summed E-state index contributed by atoms with van der Waals surface area (Å²) in [5, 5.41) is 2.57. The summed E-state index contributed by atoms with van der Waals surface area (Å²) >= 11 is 0. The van der Waals surface area contributed by atoms with Crippen LogP contribution < -0.4 is 15.0 Å². The molecule has 0 saturated carbocycles. The molecule has 2 aliphatic rings. The van der Waals surface area contributed by atoms with Gasteiger partial charge in [0.05, 0.1) is 6.10 Å². The largest absolute Gasteiger partial charge is 0.573 e. The Morgan fingerprint density at radius 1 is 1.20 bits per heavy atom. The van der Waals surface area contributed by atoms with Crippen molar-refractivity contribution in [3.05, 3.63) is 24.3 Å². The zero-order valence-electron chi connectivity index (χ0n) is 15.7. The van der Waals surface area contributed by atoms with Gasteiger partial charge in [0, 0.05) is 31.4 Å². The van der Waals surface area contributed by atoms with Gasteiger partial charge in [-0.25, -0.2) is 4.79 Å². The molecule has 7 nitrogen and oxygen atoms in total. The maximum Gasteiger partial charge on any atom is 0.573 e. The fourth-order valence-corrected chi connectivity index (χ4v) is 3.54. The van der Waals surface area contributed by atoms with Gasteiger partial charge in [-0.05, 0) is 31.4 Å². The van der Waals surface area contributed by atoms with Crippen LogP contribution in [0.5, 0.6) is 5.75 Å². The summed E-state index contributed by atoms with van der Waals surface area (Å²) in [4.78, 5) is 27.6. The lowest BCUT2D eigenvalue weighted by Gasteiger charge is -2.33. The highest BCUT2D eigenvalue weighted by atomic mass is 19.4. The van der Waals surface area contributed by atoms with Crippen molar-refractivity contribution < 1.29 is 41.0 Å². The molecule has 0 bridgehead atoms. The average Bonchev–Trinajstić information content (AvgIpc) is 3.00. The van der Waals surface area contributed by atoms with Gasteiger partial charge in [-0.15, -0.1) is 13.2 Å². The van der Waals surface area contributed by atoms with Crippen LogP contribution in [0.1, 0.15) is 19.3 Å². The summed E-state index contributed by atoms with van der Waals surface area (Å²) < 4.78 is 70.3. The van der Waals surface area contributed by atoms with Gasteiger partial charge in [-0.2, -0.15) is 8.78 Å². The standard InChI is InChI=1S/C18H20F5N3O4/c19-16(20)29-13-5-2-7-25(10-13)17(28)24-14-6-8-26(15(14)27)11-3-1-4-12(9-11)30-18(21,22)23/h1,3-4,9,13-14,16H,2,5-8,10H2,(H,24,28). The minimum absolute atomic E-state index is 0.0162. The summed E-state index contributed by atoms with van der Waals surface area (Å²) in [6, 6.07) is 3.54. The van der Waals surface area contributed by atoms with E-state index in [9.17, 15) is 31.5 Å². The summed E-state index contributed by atoms with van der Waals surface area (Å²) in [6.45, 7) is -2.41. The van der Waals surface area contributed by atoms with E-state index in [4.69, 9.17) is 0 Å². The zero-order chi connectivity index (χ0) is 21.9. The van der Waals surface area contributed by atoms with E-state index in [2.05, 4.69) is 14.8 Å². The number of alkyl halides is 5. The van der Waals surface area contributed by atoms with Crippen molar-refractivity contribution in [2.45, 2.75) is 44.4 Å². The fraction of sp³-hybridized carbons (Fsp3) is 0.556. The molecule has 2 fully saturated rings. The second kappa shape index (κ2) is 9.02. The number of rotatable bonds is 5. The second-order valence-electron chi connectivity index (χ2n) is 6.93. The molecule has 3 rings (SSSR count). The first-order chi connectivity index (χ1) is 14.1.